The number of carbonyl (C=O) groups is 1. The van der Waals surface area contributed by atoms with Crippen LogP contribution in [-0.4, -0.2) is 30.3 Å². The fraction of sp³-hybridized carbons (Fsp3) is 0.300. The molecule has 0 aliphatic carbocycles. The number of hydrogen-bond acceptors (Lipinski definition) is 4. The minimum atomic E-state index is -5.08. The molecule has 9 heteroatoms. The van der Waals surface area contributed by atoms with Crippen molar-refractivity contribution in [3.8, 4) is 6.07 Å². The zero-order valence-electron chi connectivity index (χ0n) is 15.2. The van der Waals surface area contributed by atoms with Gasteiger partial charge in [-0.1, -0.05) is 29.8 Å². The van der Waals surface area contributed by atoms with Crippen LogP contribution in [0.3, 0.4) is 0 Å². The molecule has 1 aliphatic heterocycles. The lowest BCUT2D eigenvalue weighted by molar-refractivity contribution is -0.192. The van der Waals surface area contributed by atoms with Gasteiger partial charge in [-0.15, -0.1) is 11.8 Å². The first-order chi connectivity index (χ1) is 13.7. The number of hydrogen-bond donors (Lipinski definition) is 2. The fourth-order valence-corrected chi connectivity index (χ4v) is 4.15. The molecule has 2 N–H and O–H groups in total. The van der Waals surface area contributed by atoms with E-state index in [9.17, 15) is 13.2 Å². The molecule has 0 atom stereocenters. The zero-order chi connectivity index (χ0) is 21.4. The molecule has 0 bridgehead atoms. The number of nitrogens with zero attached hydrogens (tertiary/aromatic N) is 1. The van der Waals surface area contributed by atoms with Gasteiger partial charge < -0.3 is 10.4 Å². The van der Waals surface area contributed by atoms with Crippen LogP contribution < -0.4 is 5.32 Å². The van der Waals surface area contributed by atoms with Crippen LogP contribution in [0.2, 0.25) is 5.02 Å². The van der Waals surface area contributed by atoms with E-state index >= 15 is 0 Å². The topological polar surface area (TPSA) is 73.1 Å². The highest BCUT2D eigenvalue weighted by Gasteiger charge is 2.38. The SMILES string of the molecule is N#Cc1ccc(CSc2c(Cl)ccc3c2CCNCC3)cc1.O=C(O)C(F)(F)F. The number of carboxylic acid groups (broad SMARTS) is 1. The van der Waals surface area contributed by atoms with Crippen molar-refractivity contribution in [3.63, 3.8) is 0 Å². The summed E-state index contributed by atoms with van der Waals surface area (Å²) in [5.41, 5.74) is 4.73. The predicted molar refractivity (Wildman–Crippen MR) is 106 cm³/mol. The number of rotatable bonds is 3. The molecule has 2 aromatic carbocycles. The number of carboxylic acids is 1. The van der Waals surface area contributed by atoms with Crippen LogP contribution in [0.4, 0.5) is 13.2 Å². The van der Waals surface area contributed by atoms with Gasteiger partial charge in [-0.05, 0) is 60.8 Å². The Bertz CT molecular complexity index is 896. The number of nitriles is 1. The third kappa shape index (κ3) is 6.96. The molecular weight excluding hydrogens is 425 g/mol. The third-order valence-corrected chi connectivity index (χ3v) is 5.80. The van der Waals surface area contributed by atoms with Crippen molar-refractivity contribution in [2.45, 2.75) is 29.7 Å². The lowest BCUT2D eigenvalue weighted by Gasteiger charge is -2.14. The van der Waals surface area contributed by atoms with Crippen LogP contribution in [0.5, 0.6) is 0 Å². The van der Waals surface area contributed by atoms with E-state index in [1.165, 1.54) is 21.6 Å². The predicted octanol–water partition coefficient (Wildman–Crippen LogP) is 4.83. The Balaban J connectivity index is 0.000000370. The molecule has 0 aromatic heterocycles. The lowest BCUT2D eigenvalue weighted by atomic mass is 10.0. The van der Waals surface area contributed by atoms with Crippen molar-refractivity contribution in [3.05, 3.63) is 63.7 Å². The normalized spacial score (nSPS) is 13.3. The smallest absolute Gasteiger partial charge is 0.475 e. The molecule has 0 unspecified atom stereocenters. The standard InChI is InChI=1S/C18H17ClN2S.C2HF3O2/c19-17-6-5-15-7-9-21-10-8-16(15)18(17)22-12-14-3-1-13(11-20)2-4-14;3-2(4,5)1(6)7/h1-6,21H,7-10,12H2;(H,6,7). The van der Waals surface area contributed by atoms with Crippen LogP contribution in [0, 0.1) is 11.3 Å². The molecule has 0 spiro atoms. The summed E-state index contributed by atoms with van der Waals surface area (Å²) in [5.74, 6) is -1.89. The zero-order valence-corrected chi connectivity index (χ0v) is 16.8. The van der Waals surface area contributed by atoms with Crippen LogP contribution >= 0.6 is 23.4 Å². The van der Waals surface area contributed by atoms with Gasteiger partial charge in [-0.3, -0.25) is 0 Å². The van der Waals surface area contributed by atoms with Gasteiger partial charge >= 0.3 is 12.1 Å². The van der Waals surface area contributed by atoms with E-state index in [1.54, 1.807) is 11.8 Å². The van der Waals surface area contributed by atoms with Gasteiger partial charge in [0.2, 0.25) is 0 Å². The lowest BCUT2D eigenvalue weighted by Crippen LogP contribution is -2.21. The number of nitrogens with one attached hydrogen (secondary N) is 1. The minimum Gasteiger partial charge on any atom is -0.475 e. The Hall–Kier alpha value is -2.21. The van der Waals surface area contributed by atoms with E-state index in [-0.39, 0.29) is 0 Å². The number of halogens is 4. The summed E-state index contributed by atoms with van der Waals surface area (Å²) in [4.78, 5) is 10.1. The van der Waals surface area contributed by atoms with Gasteiger partial charge in [-0.2, -0.15) is 18.4 Å². The largest absolute Gasteiger partial charge is 0.490 e. The Kier molecular flexibility index (Phi) is 8.38. The van der Waals surface area contributed by atoms with Gasteiger partial charge in [0, 0.05) is 10.6 Å². The number of benzene rings is 2. The molecular formula is C20H18ClF3N2O2S. The van der Waals surface area contributed by atoms with Gasteiger partial charge in [-0.25, -0.2) is 4.79 Å². The van der Waals surface area contributed by atoms with E-state index in [0.29, 0.717) is 5.56 Å². The van der Waals surface area contributed by atoms with Crippen LogP contribution in [0.15, 0.2) is 41.3 Å². The summed E-state index contributed by atoms with van der Waals surface area (Å²) in [6.45, 7) is 2.05. The maximum Gasteiger partial charge on any atom is 0.490 e. The molecule has 0 saturated heterocycles. The van der Waals surface area contributed by atoms with Crippen molar-refractivity contribution in [2.24, 2.45) is 0 Å². The maximum atomic E-state index is 10.6. The first-order valence-electron chi connectivity index (χ1n) is 8.65. The van der Waals surface area contributed by atoms with E-state index in [2.05, 4.69) is 17.5 Å². The van der Waals surface area contributed by atoms with E-state index in [1.807, 2.05) is 30.3 Å². The second kappa shape index (κ2) is 10.5. The third-order valence-electron chi connectivity index (χ3n) is 4.14. The highest BCUT2D eigenvalue weighted by molar-refractivity contribution is 7.98. The summed E-state index contributed by atoms with van der Waals surface area (Å²) in [5, 5.41) is 20.3. The average Bonchev–Trinajstić information content (AvgIpc) is 2.93. The monoisotopic (exact) mass is 442 g/mol. The van der Waals surface area contributed by atoms with Crippen molar-refractivity contribution in [1.82, 2.24) is 5.32 Å². The first kappa shape index (κ1) is 23.1. The molecule has 0 amide bonds. The Morgan fingerprint density at radius 3 is 2.38 bits per heavy atom. The highest BCUT2D eigenvalue weighted by atomic mass is 35.5. The maximum absolute atomic E-state index is 10.6. The molecule has 154 valence electrons. The number of thioether (sulfide) groups is 1. The van der Waals surface area contributed by atoms with Gasteiger partial charge in [0.1, 0.15) is 0 Å². The van der Waals surface area contributed by atoms with Crippen LogP contribution in [0.25, 0.3) is 0 Å². The average molecular weight is 443 g/mol. The fourth-order valence-electron chi connectivity index (χ4n) is 2.70. The molecule has 2 aromatic rings. The molecule has 4 nitrogen and oxygen atoms in total. The number of alkyl halides is 3. The van der Waals surface area contributed by atoms with Gasteiger partial charge in [0.15, 0.2) is 0 Å². The van der Waals surface area contributed by atoms with E-state index in [4.69, 9.17) is 26.8 Å². The highest BCUT2D eigenvalue weighted by Crippen LogP contribution is 2.36. The Labute approximate surface area is 175 Å². The molecule has 0 radical (unpaired) electrons. The van der Waals surface area contributed by atoms with E-state index in [0.717, 1.165) is 36.7 Å². The van der Waals surface area contributed by atoms with Crippen molar-refractivity contribution >= 4 is 29.3 Å². The summed E-state index contributed by atoms with van der Waals surface area (Å²) >= 11 is 8.24. The molecule has 1 heterocycles. The molecule has 0 saturated carbocycles. The second-order valence-corrected chi connectivity index (χ2v) is 7.56. The van der Waals surface area contributed by atoms with Gasteiger partial charge in [0.05, 0.1) is 16.7 Å². The Morgan fingerprint density at radius 2 is 1.79 bits per heavy atom. The summed E-state index contributed by atoms with van der Waals surface area (Å²) in [6, 6.07) is 14.1. The van der Waals surface area contributed by atoms with Crippen LogP contribution in [0.1, 0.15) is 22.3 Å². The quantitative estimate of drug-likeness (QED) is 0.666. The summed E-state index contributed by atoms with van der Waals surface area (Å²) in [7, 11) is 0. The van der Waals surface area contributed by atoms with Crippen LogP contribution in [-0.2, 0) is 23.4 Å². The molecule has 1 aliphatic rings. The molecule has 3 rings (SSSR count). The second-order valence-electron chi connectivity index (χ2n) is 6.16. The number of fused-ring (bicyclic) bond motifs is 1. The van der Waals surface area contributed by atoms with Crippen molar-refractivity contribution in [2.75, 3.05) is 13.1 Å². The van der Waals surface area contributed by atoms with Gasteiger partial charge in [0.25, 0.3) is 0 Å². The summed E-state index contributed by atoms with van der Waals surface area (Å²) in [6.07, 6.45) is -2.98. The first-order valence-corrected chi connectivity index (χ1v) is 10.0. The molecule has 0 fully saturated rings. The van der Waals surface area contributed by atoms with Crippen molar-refractivity contribution in [1.29, 1.82) is 5.26 Å². The van der Waals surface area contributed by atoms with Crippen molar-refractivity contribution < 1.29 is 23.1 Å². The van der Waals surface area contributed by atoms with E-state index < -0.39 is 12.1 Å². The molecule has 29 heavy (non-hydrogen) atoms. The minimum absolute atomic E-state index is 0.700. The Morgan fingerprint density at radius 1 is 1.17 bits per heavy atom. The number of aliphatic carboxylic acids is 1. The summed E-state index contributed by atoms with van der Waals surface area (Å²) < 4.78 is 31.7.